The number of rotatable bonds is 2. The Kier molecular flexibility index (Phi) is 2.32. The molecule has 2 rings (SSSR count). The van der Waals surface area contributed by atoms with Crippen LogP contribution >= 0.6 is 0 Å². The van der Waals surface area contributed by atoms with Crippen LogP contribution in [0.4, 0.5) is 0 Å². The highest BCUT2D eigenvalue weighted by Gasteiger charge is 2.08. The number of phenolic OH excluding ortho intramolecular Hbond substituents is 1. The fraction of sp³-hybridized carbons (Fsp3) is 0.100. The Hall–Kier alpha value is -2.37. The molecular weight excluding hydrogens is 212 g/mol. The molecule has 0 saturated heterocycles. The number of hydrogen-bond donors (Lipinski definition) is 2. The second kappa shape index (κ2) is 3.65. The maximum Gasteiger partial charge on any atom is 0.329 e. The molecule has 1 aromatic heterocycles. The van der Waals surface area contributed by atoms with E-state index >= 15 is 0 Å². The first-order valence-electron chi connectivity index (χ1n) is 4.53. The van der Waals surface area contributed by atoms with Gasteiger partial charge in [0.1, 0.15) is 12.0 Å². The van der Waals surface area contributed by atoms with Gasteiger partial charge in [0.15, 0.2) is 0 Å². The van der Waals surface area contributed by atoms with Crippen molar-refractivity contribution >= 4 is 17.2 Å². The number of aldehydes is 1. The summed E-state index contributed by atoms with van der Waals surface area (Å²) in [7, 11) is 0. The van der Waals surface area contributed by atoms with E-state index in [0.29, 0.717) is 6.29 Å². The van der Waals surface area contributed by atoms with Gasteiger partial charge >= 0.3 is 5.69 Å². The minimum atomic E-state index is -0.717. The second-order valence-corrected chi connectivity index (χ2v) is 3.21. The van der Waals surface area contributed by atoms with Crippen LogP contribution in [0.2, 0.25) is 0 Å². The van der Waals surface area contributed by atoms with Gasteiger partial charge in [0, 0.05) is 0 Å². The number of nitrogens with one attached hydrogen (secondary N) is 1. The zero-order valence-corrected chi connectivity index (χ0v) is 8.14. The molecule has 82 valence electrons. The van der Waals surface area contributed by atoms with Crippen molar-refractivity contribution in [3.8, 4) is 5.75 Å². The third kappa shape index (κ3) is 1.40. The number of hydrogen-bond acceptors (Lipinski definition) is 4. The Morgan fingerprint density at radius 1 is 1.38 bits per heavy atom. The van der Waals surface area contributed by atoms with Crippen molar-refractivity contribution < 1.29 is 9.90 Å². The van der Waals surface area contributed by atoms with Gasteiger partial charge in [-0.3, -0.25) is 9.36 Å². The lowest BCUT2D eigenvalue weighted by atomic mass is 10.2. The Morgan fingerprint density at radius 2 is 2.12 bits per heavy atom. The smallest absolute Gasteiger partial charge is 0.329 e. The van der Waals surface area contributed by atoms with Gasteiger partial charge in [-0.1, -0.05) is 6.07 Å². The Labute approximate surface area is 88.8 Å². The van der Waals surface area contributed by atoms with Gasteiger partial charge < -0.3 is 14.9 Å². The third-order valence-corrected chi connectivity index (χ3v) is 2.25. The highest BCUT2D eigenvalue weighted by molar-refractivity contribution is 5.83. The van der Waals surface area contributed by atoms with Crippen LogP contribution in [0.15, 0.2) is 27.8 Å². The molecule has 0 atom stereocenters. The van der Waals surface area contributed by atoms with Crippen molar-refractivity contribution in [1.29, 1.82) is 0 Å². The Balaban J connectivity index is 2.95. The largest absolute Gasteiger partial charge is 0.506 e. The molecule has 6 heteroatoms. The van der Waals surface area contributed by atoms with Gasteiger partial charge in [0.2, 0.25) is 0 Å². The fourth-order valence-electron chi connectivity index (χ4n) is 1.50. The summed E-state index contributed by atoms with van der Waals surface area (Å²) in [4.78, 5) is 35.9. The van der Waals surface area contributed by atoms with Crippen molar-refractivity contribution in [2.24, 2.45) is 0 Å². The van der Waals surface area contributed by atoms with Crippen LogP contribution in [0.5, 0.6) is 5.75 Å². The SMILES string of the molecule is O=CCn1c(=O)[nH]c2c(O)cccc2c1=O. The van der Waals surface area contributed by atoms with Gasteiger partial charge in [0.25, 0.3) is 5.56 Å². The van der Waals surface area contributed by atoms with Crippen LogP contribution in [0, 0.1) is 0 Å². The topological polar surface area (TPSA) is 92.2 Å². The predicted octanol–water partition coefficient (Wildman–Crippen LogP) is -0.406. The molecule has 16 heavy (non-hydrogen) atoms. The first kappa shape index (κ1) is 10.2. The summed E-state index contributed by atoms with van der Waals surface area (Å²) >= 11 is 0. The summed E-state index contributed by atoms with van der Waals surface area (Å²) in [6.45, 7) is -0.306. The maximum absolute atomic E-state index is 11.8. The molecule has 0 fully saturated rings. The molecule has 0 aliphatic rings. The molecule has 0 bridgehead atoms. The van der Waals surface area contributed by atoms with Crippen molar-refractivity contribution in [2.45, 2.75) is 6.54 Å². The molecule has 0 aliphatic heterocycles. The predicted molar refractivity (Wildman–Crippen MR) is 56.6 cm³/mol. The monoisotopic (exact) mass is 220 g/mol. The Bertz CT molecular complexity index is 669. The second-order valence-electron chi connectivity index (χ2n) is 3.21. The standard InChI is InChI=1S/C10H8N2O4/c13-5-4-12-9(15)6-2-1-3-7(14)8(6)11-10(12)16/h1-3,5,14H,4H2,(H,11,16). The summed E-state index contributed by atoms with van der Waals surface area (Å²) in [5.41, 5.74) is -1.23. The van der Waals surface area contributed by atoms with E-state index in [-0.39, 0.29) is 23.2 Å². The number of para-hydroxylation sites is 1. The number of carbonyl (C=O) groups is 1. The molecule has 2 aromatic rings. The summed E-state index contributed by atoms with van der Waals surface area (Å²) in [5.74, 6) is -0.176. The molecule has 6 nitrogen and oxygen atoms in total. The molecule has 1 aromatic carbocycles. The van der Waals surface area contributed by atoms with Crippen LogP contribution in [-0.2, 0) is 11.3 Å². The lowest BCUT2D eigenvalue weighted by Crippen LogP contribution is -2.35. The number of phenols is 1. The minimum Gasteiger partial charge on any atom is -0.506 e. The number of benzene rings is 1. The summed E-state index contributed by atoms with van der Waals surface area (Å²) in [6.07, 6.45) is 0.464. The van der Waals surface area contributed by atoms with Gasteiger partial charge in [-0.05, 0) is 12.1 Å². The third-order valence-electron chi connectivity index (χ3n) is 2.25. The van der Waals surface area contributed by atoms with E-state index in [2.05, 4.69) is 4.98 Å². The average molecular weight is 220 g/mol. The van der Waals surface area contributed by atoms with E-state index in [1.807, 2.05) is 0 Å². The number of nitrogens with zero attached hydrogens (tertiary/aromatic N) is 1. The summed E-state index contributed by atoms with van der Waals surface area (Å²) < 4.78 is 0.773. The molecule has 0 aliphatic carbocycles. The van der Waals surface area contributed by atoms with Gasteiger partial charge in [0.05, 0.1) is 17.4 Å². The van der Waals surface area contributed by atoms with E-state index in [1.54, 1.807) is 0 Å². The first-order valence-corrected chi connectivity index (χ1v) is 4.53. The van der Waals surface area contributed by atoms with Crippen LogP contribution in [-0.4, -0.2) is 20.9 Å². The molecule has 2 N–H and O–H groups in total. The Morgan fingerprint density at radius 3 is 2.81 bits per heavy atom. The maximum atomic E-state index is 11.8. The van der Waals surface area contributed by atoms with E-state index in [4.69, 9.17) is 0 Å². The van der Waals surface area contributed by atoms with Gasteiger partial charge in [-0.2, -0.15) is 0 Å². The summed E-state index contributed by atoms with van der Waals surface area (Å²) in [5, 5.41) is 9.62. The number of aromatic nitrogens is 2. The van der Waals surface area contributed by atoms with Crippen molar-refractivity contribution in [3.05, 3.63) is 39.0 Å². The zero-order valence-electron chi connectivity index (χ0n) is 8.14. The van der Waals surface area contributed by atoms with Crippen LogP contribution < -0.4 is 11.2 Å². The molecule has 1 heterocycles. The fourth-order valence-corrected chi connectivity index (χ4v) is 1.50. The highest BCUT2D eigenvalue weighted by Crippen LogP contribution is 2.17. The van der Waals surface area contributed by atoms with Gasteiger partial charge in [-0.15, -0.1) is 0 Å². The van der Waals surface area contributed by atoms with Crippen molar-refractivity contribution in [2.75, 3.05) is 0 Å². The molecule has 0 unspecified atom stereocenters. The normalized spacial score (nSPS) is 10.5. The van der Waals surface area contributed by atoms with Crippen LogP contribution in [0.25, 0.3) is 10.9 Å². The van der Waals surface area contributed by atoms with Gasteiger partial charge in [-0.25, -0.2) is 4.79 Å². The molecule has 0 spiro atoms. The minimum absolute atomic E-state index is 0.0830. The molecule has 0 radical (unpaired) electrons. The number of aromatic amines is 1. The number of aromatic hydroxyl groups is 1. The first-order chi connectivity index (χ1) is 7.65. The van der Waals surface area contributed by atoms with Crippen molar-refractivity contribution in [3.63, 3.8) is 0 Å². The molecular formula is C10H8N2O4. The quantitative estimate of drug-likeness (QED) is 0.673. The number of H-pyrrole nitrogens is 1. The van der Waals surface area contributed by atoms with E-state index in [9.17, 15) is 19.5 Å². The average Bonchev–Trinajstić information content (AvgIpc) is 2.26. The lowest BCUT2D eigenvalue weighted by molar-refractivity contribution is -0.108. The lowest BCUT2D eigenvalue weighted by Gasteiger charge is -2.03. The van der Waals surface area contributed by atoms with Crippen LogP contribution in [0.1, 0.15) is 0 Å². The molecule has 0 amide bonds. The zero-order chi connectivity index (χ0) is 11.7. The van der Waals surface area contributed by atoms with E-state index < -0.39 is 11.2 Å². The summed E-state index contributed by atoms with van der Waals surface area (Å²) in [6, 6.07) is 4.32. The highest BCUT2D eigenvalue weighted by atomic mass is 16.3. The number of carbonyl (C=O) groups excluding carboxylic acids is 1. The van der Waals surface area contributed by atoms with E-state index in [0.717, 1.165) is 4.57 Å². The molecule has 0 saturated carbocycles. The van der Waals surface area contributed by atoms with E-state index in [1.165, 1.54) is 18.2 Å². The van der Waals surface area contributed by atoms with Crippen LogP contribution in [0.3, 0.4) is 0 Å². The number of fused-ring (bicyclic) bond motifs is 1. The van der Waals surface area contributed by atoms with Crippen molar-refractivity contribution in [1.82, 2.24) is 9.55 Å².